The molecule has 2 unspecified atom stereocenters. The van der Waals surface area contributed by atoms with E-state index >= 15 is 0 Å². The van der Waals surface area contributed by atoms with Crippen molar-refractivity contribution in [2.75, 3.05) is 13.7 Å². The third-order valence-corrected chi connectivity index (χ3v) is 2.91. The van der Waals surface area contributed by atoms with E-state index in [1.54, 1.807) is 31.2 Å². The van der Waals surface area contributed by atoms with Crippen molar-refractivity contribution in [3.05, 3.63) is 30.3 Å². The largest absolute Gasteiger partial charge is 0.481 e. The van der Waals surface area contributed by atoms with Gasteiger partial charge in [-0.1, -0.05) is 25.1 Å². The lowest BCUT2D eigenvalue weighted by Crippen LogP contribution is -2.47. The number of para-hydroxylation sites is 1. The Balaban J connectivity index is 2.62. The Morgan fingerprint density at radius 2 is 1.95 bits per heavy atom. The number of amides is 1. The van der Waals surface area contributed by atoms with E-state index in [0.717, 1.165) is 0 Å². The first-order valence-electron chi connectivity index (χ1n) is 6.82. The Morgan fingerprint density at radius 1 is 1.29 bits per heavy atom. The summed E-state index contributed by atoms with van der Waals surface area (Å²) in [6.07, 6.45) is -0.0757. The second-order valence-corrected chi connectivity index (χ2v) is 4.51. The van der Waals surface area contributed by atoms with Crippen molar-refractivity contribution < 1.29 is 24.2 Å². The van der Waals surface area contributed by atoms with Gasteiger partial charge in [-0.15, -0.1) is 0 Å². The maximum atomic E-state index is 12.1. The molecule has 0 saturated carbocycles. The van der Waals surface area contributed by atoms with Crippen molar-refractivity contribution in [2.45, 2.75) is 31.9 Å². The number of nitrogens with one attached hydrogen (secondary N) is 1. The fourth-order valence-corrected chi connectivity index (χ4v) is 1.74. The molecule has 1 aromatic rings. The predicted octanol–water partition coefficient (Wildman–Crippen LogP) is 1.45. The summed E-state index contributed by atoms with van der Waals surface area (Å²) in [5.41, 5.74) is 0. The Kier molecular flexibility index (Phi) is 7.25. The van der Waals surface area contributed by atoms with Crippen LogP contribution in [0.3, 0.4) is 0 Å². The van der Waals surface area contributed by atoms with Gasteiger partial charge in [-0.3, -0.25) is 4.79 Å². The molecule has 0 aliphatic heterocycles. The Labute approximate surface area is 124 Å². The van der Waals surface area contributed by atoms with Gasteiger partial charge in [-0.2, -0.15) is 0 Å². The van der Waals surface area contributed by atoms with Crippen LogP contribution < -0.4 is 10.1 Å². The van der Waals surface area contributed by atoms with E-state index in [2.05, 4.69) is 5.32 Å². The molecule has 2 atom stereocenters. The molecule has 0 heterocycles. The molecular formula is C15H21NO5. The zero-order chi connectivity index (χ0) is 15.7. The summed E-state index contributed by atoms with van der Waals surface area (Å²) in [4.78, 5) is 23.2. The molecular weight excluding hydrogens is 274 g/mol. The van der Waals surface area contributed by atoms with Crippen LogP contribution in [0.5, 0.6) is 5.75 Å². The lowest BCUT2D eigenvalue weighted by Gasteiger charge is -2.20. The van der Waals surface area contributed by atoms with Gasteiger partial charge in [0.15, 0.2) is 6.10 Å². The highest BCUT2D eigenvalue weighted by atomic mass is 16.5. The van der Waals surface area contributed by atoms with Gasteiger partial charge in [0.25, 0.3) is 5.91 Å². The lowest BCUT2D eigenvalue weighted by atomic mass is 10.2. The average Bonchev–Trinajstić information content (AvgIpc) is 2.49. The van der Waals surface area contributed by atoms with Gasteiger partial charge in [0.1, 0.15) is 11.8 Å². The van der Waals surface area contributed by atoms with Crippen LogP contribution in [0.2, 0.25) is 0 Å². The first kappa shape index (κ1) is 17.0. The van der Waals surface area contributed by atoms with Crippen LogP contribution in [0.25, 0.3) is 0 Å². The van der Waals surface area contributed by atoms with Crippen molar-refractivity contribution in [1.29, 1.82) is 0 Å². The zero-order valence-corrected chi connectivity index (χ0v) is 12.2. The van der Waals surface area contributed by atoms with Crippen molar-refractivity contribution in [3.8, 4) is 5.75 Å². The number of carbonyl (C=O) groups is 2. The highest BCUT2D eigenvalue weighted by molar-refractivity contribution is 5.86. The summed E-state index contributed by atoms with van der Waals surface area (Å²) in [5.74, 6) is -0.955. The number of hydrogen-bond donors (Lipinski definition) is 2. The summed E-state index contributed by atoms with van der Waals surface area (Å²) in [6, 6.07) is 7.97. The van der Waals surface area contributed by atoms with E-state index in [-0.39, 0.29) is 13.0 Å². The predicted molar refractivity (Wildman–Crippen MR) is 77.2 cm³/mol. The minimum Gasteiger partial charge on any atom is -0.481 e. The third kappa shape index (κ3) is 5.83. The van der Waals surface area contributed by atoms with E-state index in [0.29, 0.717) is 12.2 Å². The van der Waals surface area contributed by atoms with E-state index in [9.17, 15) is 9.59 Å². The Hall–Kier alpha value is -2.08. The van der Waals surface area contributed by atoms with Gasteiger partial charge < -0.3 is 19.9 Å². The summed E-state index contributed by atoms with van der Waals surface area (Å²) < 4.78 is 10.4. The zero-order valence-electron chi connectivity index (χ0n) is 12.2. The minimum atomic E-state index is -1.09. The fraction of sp³-hybridized carbons (Fsp3) is 0.467. The monoisotopic (exact) mass is 295 g/mol. The number of rotatable bonds is 9. The van der Waals surface area contributed by atoms with Crippen molar-refractivity contribution >= 4 is 11.9 Å². The Morgan fingerprint density at radius 3 is 2.48 bits per heavy atom. The highest BCUT2D eigenvalue weighted by Gasteiger charge is 2.25. The molecule has 0 radical (unpaired) electrons. The number of benzene rings is 1. The first-order chi connectivity index (χ1) is 10.1. The van der Waals surface area contributed by atoms with Gasteiger partial charge >= 0.3 is 5.97 Å². The van der Waals surface area contributed by atoms with Gasteiger partial charge in [-0.05, 0) is 18.6 Å². The molecule has 1 rings (SSSR count). The highest BCUT2D eigenvalue weighted by Crippen LogP contribution is 2.12. The molecule has 0 aliphatic rings. The standard InChI is InChI=1S/C15H21NO5/c1-3-13(21-11-7-5-4-6-8-11)14(17)16-12(15(18)19)9-10-20-2/h4-8,12-13H,3,9-10H2,1-2H3,(H,16,17)(H,18,19). The first-order valence-corrected chi connectivity index (χ1v) is 6.82. The molecule has 6 heteroatoms. The molecule has 1 aromatic carbocycles. The van der Waals surface area contributed by atoms with Crippen LogP contribution in [-0.2, 0) is 14.3 Å². The van der Waals surface area contributed by atoms with Crippen LogP contribution in [0, 0.1) is 0 Å². The topological polar surface area (TPSA) is 84.9 Å². The molecule has 0 fully saturated rings. The fourth-order valence-electron chi connectivity index (χ4n) is 1.74. The number of carboxylic acid groups (broad SMARTS) is 1. The van der Waals surface area contributed by atoms with Crippen LogP contribution in [0.4, 0.5) is 0 Å². The second-order valence-electron chi connectivity index (χ2n) is 4.51. The molecule has 0 aromatic heterocycles. The second kappa shape index (κ2) is 8.97. The smallest absolute Gasteiger partial charge is 0.326 e. The molecule has 116 valence electrons. The van der Waals surface area contributed by atoms with Crippen LogP contribution >= 0.6 is 0 Å². The van der Waals surface area contributed by atoms with E-state index in [1.165, 1.54) is 7.11 Å². The van der Waals surface area contributed by atoms with Gasteiger partial charge in [0, 0.05) is 20.1 Å². The van der Waals surface area contributed by atoms with Crippen molar-refractivity contribution in [2.24, 2.45) is 0 Å². The number of carboxylic acids is 1. The lowest BCUT2D eigenvalue weighted by molar-refractivity contribution is -0.143. The van der Waals surface area contributed by atoms with Crippen LogP contribution in [0.15, 0.2) is 30.3 Å². The molecule has 0 saturated heterocycles. The van der Waals surface area contributed by atoms with Crippen molar-refractivity contribution in [3.63, 3.8) is 0 Å². The van der Waals surface area contributed by atoms with Gasteiger partial charge in [0.2, 0.25) is 0 Å². The number of aliphatic carboxylic acids is 1. The number of hydrogen-bond acceptors (Lipinski definition) is 4. The average molecular weight is 295 g/mol. The maximum absolute atomic E-state index is 12.1. The van der Waals surface area contributed by atoms with Crippen molar-refractivity contribution in [1.82, 2.24) is 5.32 Å². The summed E-state index contributed by atoms with van der Waals surface area (Å²) in [5, 5.41) is 11.6. The number of ether oxygens (including phenoxy) is 2. The van der Waals surface area contributed by atoms with Crippen LogP contribution in [0.1, 0.15) is 19.8 Å². The number of carbonyl (C=O) groups excluding carboxylic acids is 1. The molecule has 6 nitrogen and oxygen atoms in total. The minimum absolute atomic E-state index is 0.208. The molecule has 0 spiro atoms. The SMILES string of the molecule is CCC(Oc1ccccc1)C(=O)NC(CCOC)C(=O)O. The van der Waals surface area contributed by atoms with Gasteiger partial charge in [-0.25, -0.2) is 4.79 Å². The molecule has 21 heavy (non-hydrogen) atoms. The van der Waals surface area contributed by atoms with Gasteiger partial charge in [0.05, 0.1) is 0 Å². The quantitative estimate of drug-likeness (QED) is 0.720. The Bertz CT molecular complexity index is 449. The molecule has 0 bridgehead atoms. The molecule has 1 amide bonds. The number of methoxy groups -OCH3 is 1. The maximum Gasteiger partial charge on any atom is 0.326 e. The summed E-state index contributed by atoms with van der Waals surface area (Å²) >= 11 is 0. The third-order valence-electron chi connectivity index (χ3n) is 2.91. The van der Waals surface area contributed by atoms with E-state index in [1.807, 2.05) is 6.07 Å². The van der Waals surface area contributed by atoms with E-state index in [4.69, 9.17) is 14.6 Å². The van der Waals surface area contributed by atoms with Crippen LogP contribution in [-0.4, -0.2) is 42.8 Å². The summed E-state index contributed by atoms with van der Waals surface area (Å²) in [6.45, 7) is 2.06. The molecule has 2 N–H and O–H groups in total. The normalized spacial score (nSPS) is 13.2. The molecule has 0 aliphatic carbocycles. The summed E-state index contributed by atoms with van der Waals surface area (Å²) in [7, 11) is 1.48. The van der Waals surface area contributed by atoms with E-state index < -0.39 is 24.0 Å².